The zero-order chi connectivity index (χ0) is 11.7. The number of nitrogens with one attached hydrogen (secondary N) is 1. The number of hydrogen-bond acceptors (Lipinski definition) is 4. The van der Waals surface area contributed by atoms with E-state index in [2.05, 4.69) is 36.3 Å². The maximum absolute atomic E-state index is 4.41. The zero-order valence-electron chi connectivity index (χ0n) is 9.32. The minimum absolute atomic E-state index is 0.584. The van der Waals surface area contributed by atoms with E-state index in [0.29, 0.717) is 5.95 Å². The summed E-state index contributed by atoms with van der Waals surface area (Å²) in [7, 11) is 1.79. The average Bonchev–Trinajstić information content (AvgIpc) is 2.57. The van der Waals surface area contributed by atoms with Gasteiger partial charge in [-0.2, -0.15) is 10.1 Å². The van der Waals surface area contributed by atoms with Gasteiger partial charge in [-0.15, -0.1) is 0 Å². The third-order valence-corrected chi connectivity index (χ3v) is 3.43. The predicted octanol–water partition coefficient (Wildman–Crippen LogP) is 2.08. The van der Waals surface area contributed by atoms with E-state index in [1.165, 1.54) is 0 Å². The molecule has 16 heavy (non-hydrogen) atoms. The van der Waals surface area contributed by atoms with E-state index in [1.807, 2.05) is 19.9 Å². The van der Waals surface area contributed by atoms with Crippen LogP contribution in [0.15, 0.2) is 16.7 Å². The van der Waals surface area contributed by atoms with E-state index < -0.39 is 0 Å². The Balaban J connectivity index is 2.54. The molecule has 0 radical (unpaired) electrons. The Labute approximate surface area is 102 Å². The van der Waals surface area contributed by atoms with Crippen LogP contribution < -0.4 is 5.32 Å². The van der Waals surface area contributed by atoms with Crippen LogP contribution >= 0.6 is 15.9 Å². The number of anilines is 1. The van der Waals surface area contributed by atoms with Crippen LogP contribution in [0.5, 0.6) is 0 Å². The maximum atomic E-state index is 4.41. The third kappa shape index (κ3) is 1.80. The lowest BCUT2D eigenvalue weighted by molar-refractivity contribution is 0.802. The van der Waals surface area contributed by atoms with Gasteiger partial charge in [-0.1, -0.05) is 0 Å². The number of halogens is 1. The lowest BCUT2D eigenvalue weighted by Crippen LogP contribution is -2.05. The van der Waals surface area contributed by atoms with Crippen molar-refractivity contribution in [2.75, 3.05) is 12.4 Å². The first-order valence-corrected chi connectivity index (χ1v) is 5.65. The fraction of sp³-hybridized carbons (Fsp3) is 0.300. The number of nitrogens with zero attached hydrogens (tertiary/aromatic N) is 4. The first kappa shape index (κ1) is 11.1. The smallest absolute Gasteiger partial charge is 0.224 e. The molecule has 0 spiro atoms. The Morgan fingerprint density at radius 1 is 1.38 bits per heavy atom. The second-order valence-corrected chi connectivity index (χ2v) is 4.18. The molecule has 2 rings (SSSR count). The number of hydrogen-bond donors (Lipinski definition) is 1. The molecule has 0 bridgehead atoms. The van der Waals surface area contributed by atoms with Gasteiger partial charge in [0.25, 0.3) is 0 Å². The maximum Gasteiger partial charge on any atom is 0.224 e. The number of aryl methyl sites for hydroxylation is 1. The van der Waals surface area contributed by atoms with Crippen molar-refractivity contribution >= 4 is 21.9 Å². The van der Waals surface area contributed by atoms with Gasteiger partial charge in [0.2, 0.25) is 5.95 Å². The van der Waals surface area contributed by atoms with Gasteiger partial charge in [0, 0.05) is 19.3 Å². The SMILES string of the molecule is CNc1nccc(-n2nc(C)c(Br)c2C)n1. The van der Waals surface area contributed by atoms with Gasteiger partial charge in [-0.25, -0.2) is 9.67 Å². The highest BCUT2D eigenvalue weighted by Crippen LogP contribution is 2.22. The van der Waals surface area contributed by atoms with E-state index in [-0.39, 0.29) is 0 Å². The molecule has 2 aromatic rings. The summed E-state index contributed by atoms with van der Waals surface area (Å²) in [6.07, 6.45) is 1.71. The van der Waals surface area contributed by atoms with Gasteiger partial charge < -0.3 is 5.32 Å². The van der Waals surface area contributed by atoms with E-state index in [1.54, 1.807) is 17.9 Å². The summed E-state index contributed by atoms with van der Waals surface area (Å²) in [6.45, 7) is 3.94. The third-order valence-electron chi connectivity index (χ3n) is 2.28. The van der Waals surface area contributed by atoms with Crippen molar-refractivity contribution in [3.05, 3.63) is 28.1 Å². The van der Waals surface area contributed by atoms with Crippen LogP contribution in [-0.4, -0.2) is 26.8 Å². The number of aromatic nitrogens is 4. The molecule has 0 saturated carbocycles. The molecule has 84 valence electrons. The van der Waals surface area contributed by atoms with Crippen molar-refractivity contribution in [1.29, 1.82) is 0 Å². The Bertz CT molecular complexity index is 520. The van der Waals surface area contributed by atoms with Gasteiger partial charge in [-0.05, 0) is 29.8 Å². The zero-order valence-corrected chi connectivity index (χ0v) is 10.9. The highest BCUT2D eigenvalue weighted by atomic mass is 79.9. The van der Waals surface area contributed by atoms with Gasteiger partial charge >= 0.3 is 0 Å². The highest BCUT2D eigenvalue weighted by molar-refractivity contribution is 9.10. The molecule has 1 N–H and O–H groups in total. The first-order chi connectivity index (χ1) is 7.63. The molecule has 0 fully saturated rings. The van der Waals surface area contributed by atoms with E-state index in [9.17, 15) is 0 Å². The molecule has 2 aromatic heterocycles. The van der Waals surface area contributed by atoms with Crippen molar-refractivity contribution in [2.24, 2.45) is 0 Å². The highest BCUT2D eigenvalue weighted by Gasteiger charge is 2.11. The standard InChI is InChI=1S/C10H12BrN5/c1-6-9(11)7(2)16(15-6)8-4-5-13-10(12-3)14-8/h4-5H,1-3H3,(H,12,13,14). The quantitative estimate of drug-likeness (QED) is 0.916. The summed E-state index contributed by atoms with van der Waals surface area (Å²) in [5.74, 6) is 1.34. The molecule has 6 heteroatoms. The molecule has 0 aliphatic heterocycles. The number of rotatable bonds is 2. The fourth-order valence-corrected chi connectivity index (χ4v) is 1.68. The Morgan fingerprint density at radius 2 is 2.12 bits per heavy atom. The molecular formula is C10H12BrN5. The molecule has 0 aliphatic carbocycles. The second kappa shape index (κ2) is 4.21. The van der Waals surface area contributed by atoms with Crippen LogP contribution in [0.1, 0.15) is 11.4 Å². The largest absolute Gasteiger partial charge is 0.357 e. The average molecular weight is 282 g/mol. The first-order valence-electron chi connectivity index (χ1n) is 4.86. The summed E-state index contributed by atoms with van der Waals surface area (Å²) in [6, 6.07) is 1.83. The van der Waals surface area contributed by atoms with Crippen LogP contribution in [0, 0.1) is 13.8 Å². The van der Waals surface area contributed by atoms with Gasteiger partial charge in [0.1, 0.15) is 0 Å². The second-order valence-electron chi connectivity index (χ2n) is 3.39. The van der Waals surface area contributed by atoms with Crippen LogP contribution in [0.25, 0.3) is 5.82 Å². The van der Waals surface area contributed by atoms with Crippen LogP contribution in [0.2, 0.25) is 0 Å². The molecule has 0 saturated heterocycles. The molecule has 5 nitrogen and oxygen atoms in total. The molecule has 0 unspecified atom stereocenters. The van der Waals surface area contributed by atoms with Crippen molar-refractivity contribution in [1.82, 2.24) is 19.7 Å². The lowest BCUT2D eigenvalue weighted by atomic mass is 10.4. The molecule has 0 aromatic carbocycles. The van der Waals surface area contributed by atoms with Crippen LogP contribution in [0.3, 0.4) is 0 Å². The predicted molar refractivity (Wildman–Crippen MR) is 65.9 cm³/mol. The molecular weight excluding hydrogens is 270 g/mol. The molecule has 2 heterocycles. The Hall–Kier alpha value is -1.43. The van der Waals surface area contributed by atoms with E-state index >= 15 is 0 Å². The summed E-state index contributed by atoms with van der Waals surface area (Å²) >= 11 is 3.49. The minimum Gasteiger partial charge on any atom is -0.357 e. The van der Waals surface area contributed by atoms with Gasteiger partial charge in [-0.3, -0.25) is 0 Å². The van der Waals surface area contributed by atoms with E-state index in [0.717, 1.165) is 21.7 Å². The normalized spacial score (nSPS) is 10.5. The summed E-state index contributed by atoms with van der Waals surface area (Å²) < 4.78 is 2.80. The van der Waals surface area contributed by atoms with Crippen molar-refractivity contribution in [2.45, 2.75) is 13.8 Å². The molecule has 0 aliphatic rings. The minimum atomic E-state index is 0.584. The summed E-state index contributed by atoms with van der Waals surface area (Å²) in [5, 5.41) is 7.31. The Kier molecular flexibility index (Phi) is 2.91. The Morgan fingerprint density at radius 3 is 2.69 bits per heavy atom. The van der Waals surface area contributed by atoms with Crippen LogP contribution in [0.4, 0.5) is 5.95 Å². The topological polar surface area (TPSA) is 55.6 Å². The summed E-state index contributed by atoms with van der Waals surface area (Å²) in [4.78, 5) is 8.40. The van der Waals surface area contributed by atoms with Crippen molar-refractivity contribution in [3.63, 3.8) is 0 Å². The monoisotopic (exact) mass is 281 g/mol. The lowest BCUT2D eigenvalue weighted by Gasteiger charge is -2.04. The van der Waals surface area contributed by atoms with Crippen molar-refractivity contribution < 1.29 is 0 Å². The van der Waals surface area contributed by atoms with Gasteiger partial charge in [0.15, 0.2) is 5.82 Å². The van der Waals surface area contributed by atoms with E-state index in [4.69, 9.17) is 0 Å². The van der Waals surface area contributed by atoms with Crippen LogP contribution in [-0.2, 0) is 0 Å². The fourth-order valence-electron chi connectivity index (χ4n) is 1.43. The molecule has 0 atom stereocenters. The van der Waals surface area contributed by atoms with Gasteiger partial charge in [0.05, 0.1) is 15.9 Å². The molecule has 0 amide bonds. The summed E-state index contributed by atoms with van der Waals surface area (Å²) in [5.41, 5.74) is 1.97. The van der Waals surface area contributed by atoms with Crippen molar-refractivity contribution in [3.8, 4) is 5.82 Å².